The molecule has 0 aliphatic heterocycles. The van der Waals surface area contributed by atoms with E-state index in [1.807, 2.05) is 0 Å². The molecule has 3 aromatic rings. The molecular formula is C13H6F5N3S. The van der Waals surface area contributed by atoms with Gasteiger partial charge in [0.05, 0.1) is 17.2 Å². The fourth-order valence-electron chi connectivity index (χ4n) is 1.82. The van der Waals surface area contributed by atoms with E-state index in [0.717, 1.165) is 11.8 Å². The second kappa shape index (κ2) is 5.56. The van der Waals surface area contributed by atoms with Crippen LogP contribution in [-0.4, -0.2) is 15.0 Å². The molecule has 0 radical (unpaired) electrons. The van der Waals surface area contributed by atoms with Crippen molar-refractivity contribution in [2.45, 2.75) is 10.9 Å². The number of nitrogens with zero attached hydrogens (tertiary/aromatic N) is 2. The van der Waals surface area contributed by atoms with Crippen molar-refractivity contribution in [2.75, 3.05) is 0 Å². The third-order valence-electron chi connectivity index (χ3n) is 2.92. The molecule has 1 N–H and O–H groups in total. The number of hydrogen-bond acceptors (Lipinski definition) is 3. The van der Waals surface area contributed by atoms with Gasteiger partial charge in [0.1, 0.15) is 0 Å². The van der Waals surface area contributed by atoms with E-state index in [0.29, 0.717) is 11.0 Å². The molecule has 114 valence electrons. The summed E-state index contributed by atoms with van der Waals surface area (Å²) in [5.74, 6) is -10.2. The molecular weight excluding hydrogens is 325 g/mol. The molecule has 2 aromatic heterocycles. The summed E-state index contributed by atoms with van der Waals surface area (Å²) >= 11 is 0.821. The van der Waals surface area contributed by atoms with Crippen molar-refractivity contribution in [1.82, 2.24) is 15.0 Å². The number of H-pyrrole nitrogens is 1. The van der Waals surface area contributed by atoms with E-state index in [9.17, 15) is 22.0 Å². The average molecular weight is 331 g/mol. The summed E-state index contributed by atoms with van der Waals surface area (Å²) in [6, 6.07) is 1.62. The predicted molar refractivity (Wildman–Crippen MR) is 69.7 cm³/mol. The third kappa shape index (κ3) is 2.41. The normalized spacial score (nSPS) is 11.3. The molecule has 2 heterocycles. The number of nitrogens with one attached hydrogen (secondary N) is 1. The second-order valence-electron chi connectivity index (χ2n) is 4.27. The van der Waals surface area contributed by atoms with Crippen molar-refractivity contribution in [3.8, 4) is 0 Å². The molecule has 3 nitrogen and oxygen atoms in total. The molecule has 9 heteroatoms. The van der Waals surface area contributed by atoms with Crippen LogP contribution in [0.25, 0.3) is 11.0 Å². The summed E-state index contributed by atoms with van der Waals surface area (Å²) in [6.07, 6.45) is 3.02. The number of fused-ring (bicyclic) bond motifs is 1. The van der Waals surface area contributed by atoms with E-state index in [1.165, 1.54) is 12.4 Å². The molecule has 0 amide bonds. The lowest BCUT2D eigenvalue weighted by molar-refractivity contribution is 0.372. The molecule has 0 bridgehead atoms. The lowest BCUT2D eigenvalue weighted by atomic mass is 10.2. The van der Waals surface area contributed by atoms with Crippen LogP contribution in [-0.2, 0) is 5.75 Å². The van der Waals surface area contributed by atoms with Crippen molar-refractivity contribution < 1.29 is 22.0 Å². The molecule has 3 rings (SSSR count). The van der Waals surface area contributed by atoms with Gasteiger partial charge >= 0.3 is 0 Å². The van der Waals surface area contributed by atoms with Crippen LogP contribution in [0.5, 0.6) is 0 Å². The van der Waals surface area contributed by atoms with E-state index < -0.39 is 40.4 Å². The van der Waals surface area contributed by atoms with Crippen LogP contribution < -0.4 is 0 Å². The number of imidazole rings is 1. The third-order valence-corrected chi connectivity index (χ3v) is 3.82. The second-order valence-corrected chi connectivity index (χ2v) is 5.24. The minimum atomic E-state index is -2.17. The topological polar surface area (TPSA) is 41.6 Å². The SMILES string of the molecule is Fc1c(F)c(F)c(CSc2nc3ccncc3[nH]2)c(F)c1F. The highest BCUT2D eigenvalue weighted by atomic mass is 32.2. The predicted octanol–water partition coefficient (Wildman–Crippen LogP) is 3.95. The van der Waals surface area contributed by atoms with Gasteiger partial charge in [0.15, 0.2) is 28.4 Å². The minimum absolute atomic E-state index is 0.284. The average Bonchev–Trinajstić information content (AvgIpc) is 2.94. The van der Waals surface area contributed by atoms with Gasteiger partial charge in [0.2, 0.25) is 5.82 Å². The van der Waals surface area contributed by atoms with E-state index in [1.54, 1.807) is 6.07 Å². The first kappa shape index (κ1) is 14.8. The van der Waals surface area contributed by atoms with Crippen molar-refractivity contribution in [2.24, 2.45) is 0 Å². The molecule has 22 heavy (non-hydrogen) atoms. The zero-order valence-electron chi connectivity index (χ0n) is 10.6. The maximum atomic E-state index is 13.5. The molecule has 0 fully saturated rings. The molecule has 0 aliphatic rings. The van der Waals surface area contributed by atoms with Crippen molar-refractivity contribution in [1.29, 1.82) is 0 Å². The van der Waals surface area contributed by atoms with Crippen molar-refractivity contribution >= 4 is 22.8 Å². The van der Waals surface area contributed by atoms with E-state index >= 15 is 0 Å². The number of pyridine rings is 1. The van der Waals surface area contributed by atoms with Gasteiger partial charge in [-0.2, -0.15) is 0 Å². The van der Waals surface area contributed by atoms with Gasteiger partial charge in [-0.05, 0) is 6.07 Å². The van der Waals surface area contributed by atoms with Crippen LogP contribution in [0.3, 0.4) is 0 Å². The number of thioether (sulfide) groups is 1. The Labute approximate surface area is 124 Å². The van der Waals surface area contributed by atoms with Crippen molar-refractivity contribution in [3.63, 3.8) is 0 Å². The van der Waals surface area contributed by atoms with Crippen LogP contribution in [0, 0.1) is 29.1 Å². The van der Waals surface area contributed by atoms with Gasteiger partial charge in [0.25, 0.3) is 0 Å². The summed E-state index contributed by atoms with van der Waals surface area (Å²) in [4.78, 5) is 10.8. The Balaban J connectivity index is 1.90. The summed E-state index contributed by atoms with van der Waals surface area (Å²) in [5, 5.41) is 0.284. The Bertz CT molecular complexity index is 802. The van der Waals surface area contributed by atoms with E-state index in [2.05, 4.69) is 15.0 Å². The lowest BCUT2D eigenvalue weighted by Gasteiger charge is -2.06. The minimum Gasteiger partial charge on any atom is -0.332 e. The summed E-state index contributed by atoms with van der Waals surface area (Å²) in [7, 11) is 0. The van der Waals surface area contributed by atoms with Crippen LogP contribution in [0.4, 0.5) is 22.0 Å². The number of rotatable bonds is 3. The zero-order chi connectivity index (χ0) is 15.9. The number of halogens is 5. The molecule has 0 unspecified atom stereocenters. The first-order valence-corrected chi connectivity index (χ1v) is 6.90. The van der Waals surface area contributed by atoms with Crippen LogP contribution in [0.15, 0.2) is 23.6 Å². The maximum Gasteiger partial charge on any atom is 0.200 e. The Morgan fingerprint density at radius 3 is 2.23 bits per heavy atom. The highest BCUT2D eigenvalue weighted by molar-refractivity contribution is 7.98. The highest BCUT2D eigenvalue weighted by Gasteiger charge is 2.25. The van der Waals surface area contributed by atoms with E-state index in [4.69, 9.17) is 0 Å². The Hall–Kier alpha value is -2.16. The monoisotopic (exact) mass is 331 g/mol. The zero-order valence-corrected chi connectivity index (χ0v) is 11.4. The maximum absolute atomic E-state index is 13.5. The number of aromatic amines is 1. The van der Waals surface area contributed by atoms with Gasteiger partial charge in [-0.1, -0.05) is 11.8 Å². The molecule has 0 saturated heterocycles. The van der Waals surface area contributed by atoms with Gasteiger partial charge in [-0.25, -0.2) is 26.9 Å². The first-order valence-electron chi connectivity index (χ1n) is 5.92. The van der Waals surface area contributed by atoms with Gasteiger partial charge in [-0.15, -0.1) is 0 Å². The first-order chi connectivity index (χ1) is 10.5. The molecule has 0 aliphatic carbocycles. The summed E-state index contributed by atoms with van der Waals surface area (Å²) < 4.78 is 66.2. The van der Waals surface area contributed by atoms with Crippen LogP contribution >= 0.6 is 11.8 Å². The van der Waals surface area contributed by atoms with Crippen molar-refractivity contribution in [3.05, 3.63) is 53.1 Å². The van der Waals surface area contributed by atoms with E-state index in [-0.39, 0.29) is 5.16 Å². The van der Waals surface area contributed by atoms with Crippen LogP contribution in [0.1, 0.15) is 5.56 Å². The highest BCUT2D eigenvalue weighted by Crippen LogP contribution is 2.29. The molecule has 1 aromatic carbocycles. The quantitative estimate of drug-likeness (QED) is 0.342. The van der Waals surface area contributed by atoms with Gasteiger partial charge in [0, 0.05) is 17.5 Å². The smallest absolute Gasteiger partial charge is 0.200 e. The summed E-state index contributed by atoms with van der Waals surface area (Å²) in [6.45, 7) is 0. The van der Waals surface area contributed by atoms with Gasteiger partial charge in [-0.3, -0.25) is 4.98 Å². The lowest BCUT2D eigenvalue weighted by Crippen LogP contribution is -2.06. The number of hydrogen-bond donors (Lipinski definition) is 1. The Morgan fingerprint density at radius 2 is 1.59 bits per heavy atom. The molecule has 0 atom stereocenters. The standard InChI is InChI=1S/C13H6F5N3S/c14-8-5(9(15)11(17)12(18)10(8)16)4-22-13-20-6-1-2-19-3-7(6)21-13/h1-3H,4H2,(H,20,21). The molecule has 0 spiro atoms. The van der Waals surface area contributed by atoms with Crippen LogP contribution in [0.2, 0.25) is 0 Å². The Kier molecular flexibility index (Phi) is 3.73. The number of benzene rings is 1. The molecule has 0 saturated carbocycles. The fourth-order valence-corrected chi connectivity index (χ4v) is 2.70. The summed E-state index contributed by atoms with van der Waals surface area (Å²) in [5.41, 5.74) is 0.289. The Morgan fingerprint density at radius 1 is 0.955 bits per heavy atom. The fraction of sp³-hybridized carbons (Fsp3) is 0.0769. The number of aromatic nitrogens is 3. The largest absolute Gasteiger partial charge is 0.332 e. The van der Waals surface area contributed by atoms with Gasteiger partial charge < -0.3 is 4.98 Å².